The van der Waals surface area contributed by atoms with Crippen LogP contribution in [0, 0.1) is 31.6 Å². The minimum Gasteiger partial charge on any atom is -0.394 e. The fourth-order valence-electron chi connectivity index (χ4n) is 7.86. The number of carbonyl (C=O) groups is 3. The molecule has 3 amide bonds. The molecule has 5 rings (SSSR count). The number of fused-ring (bicyclic) bond motifs is 1. The molecule has 1 spiro atoms. The lowest BCUT2D eigenvalue weighted by Gasteiger charge is -2.41. The topological polar surface area (TPSA) is 90.4 Å². The third-order valence-corrected chi connectivity index (χ3v) is 10.0. The van der Waals surface area contributed by atoms with E-state index in [2.05, 4.69) is 13.2 Å². The molecule has 2 aromatic rings. The average Bonchev–Trinajstić information content (AvgIpc) is 3.67. The number of aryl methyl sites for hydroxylation is 2. The maximum Gasteiger partial charge on any atom is 0.253 e. The zero-order valence-electron chi connectivity index (χ0n) is 26.3. The van der Waals surface area contributed by atoms with Crippen molar-refractivity contribution in [2.75, 3.05) is 29.5 Å². The molecule has 0 aromatic heterocycles. The number of hydrogen-bond donors (Lipinski definition) is 1. The predicted molar refractivity (Wildman–Crippen MR) is 172 cm³/mol. The highest BCUT2D eigenvalue weighted by Crippen LogP contribution is 2.60. The molecule has 2 unspecified atom stereocenters. The fraction of sp³-hybridized carbons (Fsp3) is 0.472. The number of carbonyl (C=O) groups excluding carboxylic acids is 3. The van der Waals surface area contributed by atoms with Crippen LogP contribution in [-0.2, 0) is 19.1 Å². The Bertz CT molecular complexity index is 1410. The highest BCUT2D eigenvalue weighted by atomic mass is 16.5. The van der Waals surface area contributed by atoms with E-state index in [9.17, 15) is 14.7 Å². The third-order valence-electron chi connectivity index (χ3n) is 10.0. The van der Waals surface area contributed by atoms with Crippen molar-refractivity contribution >= 4 is 29.1 Å². The number of para-hydroxylation sites is 2. The number of aliphatic hydroxyl groups excluding tert-OH is 1. The van der Waals surface area contributed by atoms with Crippen molar-refractivity contribution in [3.63, 3.8) is 0 Å². The lowest BCUT2D eigenvalue weighted by atomic mass is 9.70. The highest BCUT2D eigenvalue weighted by molar-refractivity contribution is 6.07. The van der Waals surface area contributed by atoms with Gasteiger partial charge in [0.1, 0.15) is 11.6 Å². The summed E-state index contributed by atoms with van der Waals surface area (Å²) in [6, 6.07) is 13.6. The van der Waals surface area contributed by atoms with Crippen LogP contribution in [0.4, 0.5) is 11.4 Å². The van der Waals surface area contributed by atoms with Crippen LogP contribution in [0.15, 0.2) is 73.8 Å². The molecule has 8 nitrogen and oxygen atoms in total. The van der Waals surface area contributed by atoms with E-state index in [4.69, 9.17) is 4.74 Å². The van der Waals surface area contributed by atoms with Gasteiger partial charge < -0.3 is 24.5 Å². The number of benzene rings is 2. The van der Waals surface area contributed by atoms with Crippen molar-refractivity contribution in [1.82, 2.24) is 4.90 Å². The summed E-state index contributed by atoms with van der Waals surface area (Å²) < 4.78 is 6.76. The Kier molecular flexibility index (Phi) is 9.14. The van der Waals surface area contributed by atoms with Crippen molar-refractivity contribution in [2.24, 2.45) is 17.8 Å². The first-order valence-electron chi connectivity index (χ1n) is 15.7. The van der Waals surface area contributed by atoms with E-state index in [1.807, 2.05) is 76.2 Å². The zero-order chi connectivity index (χ0) is 31.8. The summed E-state index contributed by atoms with van der Waals surface area (Å²) in [6.07, 6.45) is 4.61. The normalized spacial score (nSPS) is 26.7. The second kappa shape index (κ2) is 12.7. The number of anilines is 2. The largest absolute Gasteiger partial charge is 0.394 e. The van der Waals surface area contributed by atoms with E-state index in [0.29, 0.717) is 24.9 Å². The van der Waals surface area contributed by atoms with Crippen molar-refractivity contribution in [3.8, 4) is 0 Å². The Labute approximate surface area is 261 Å². The highest BCUT2D eigenvalue weighted by Gasteiger charge is 2.75. The molecule has 0 radical (unpaired) electrons. The van der Waals surface area contributed by atoms with Gasteiger partial charge in [-0.25, -0.2) is 0 Å². The molecule has 3 aliphatic rings. The lowest BCUT2D eigenvalue weighted by molar-refractivity contribution is -0.145. The van der Waals surface area contributed by atoms with E-state index in [0.717, 1.165) is 16.8 Å². The number of likely N-dealkylation sites (tertiary alicyclic amines) is 1. The van der Waals surface area contributed by atoms with E-state index in [1.165, 1.54) is 0 Å². The Morgan fingerprint density at radius 3 is 2.27 bits per heavy atom. The number of rotatable bonds is 12. The number of ether oxygens (including phenoxy) is 1. The fourth-order valence-corrected chi connectivity index (χ4v) is 7.86. The summed E-state index contributed by atoms with van der Waals surface area (Å²) in [5.74, 6) is -2.48. The number of aliphatic hydroxyl groups is 1. The van der Waals surface area contributed by atoms with Crippen molar-refractivity contribution in [1.29, 1.82) is 0 Å². The van der Waals surface area contributed by atoms with Gasteiger partial charge in [0, 0.05) is 24.5 Å². The van der Waals surface area contributed by atoms with Crippen LogP contribution in [-0.4, -0.2) is 71.2 Å². The van der Waals surface area contributed by atoms with Crippen LogP contribution >= 0.6 is 0 Å². The summed E-state index contributed by atoms with van der Waals surface area (Å²) in [6.45, 7) is 15.9. The molecule has 234 valence electrons. The minimum absolute atomic E-state index is 0.0875. The molecule has 3 heterocycles. The SMILES string of the molecule is C=CCN(C(=O)[C@@H]1[C@H]2C(=O)N([C@@H](CO)[C@@H](C)CC)C(C(=O)N(CC=C)c3c(C)cccc3C)C23CC[C@H]1O3)c1ccccc1. The van der Waals surface area contributed by atoms with Crippen LogP contribution in [0.2, 0.25) is 0 Å². The predicted octanol–water partition coefficient (Wildman–Crippen LogP) is 4.82. The quantitative estimate of drug-likeness (QED) is 0.353. The molecule has 0 saturated carbocycles. The third kappa shape index (κ3) is 4.98. The van der Waals surface area contributed by atoms with Gasteiger partial charge in [-0.2, -0.15) is 0 Å². The summed E-state index contributed by atoms with van der Waals surface area (Å²) in [5, 5.41) is 10.7. The van der Waals surface area contributed by atoms with Gasteiger partial charge in [0.05, 0.1) is 30.6 Å². The van der Waals surface area contributed by atoms with E-state index in [1.54, 1.807) is 26.9 Å². The standard InChI is InChI=1S/C36H45N3O5/c1-7-20-37(26-16-11-10-12-17-26)33(41)29-28-18-19-36(44-28)30(29)34(42)39(27(22-40)23(4)9-3)32(36)35(43)38(21-8-2)31-24(5)14-13-15-25(31)6/h7-8,10-17,23,27-30,32,40H,1-2,9,18-22H2,3-6H3/t23-,27-,28+,29-,30-,32?,36?/m0/s1. The molecule has 2 aromatic carbocycles. The van der Waals surface area contributed by atoms with Gasteiger partial charge in [-0.3, -0.25) is 14.4 Å². The van der Waals surface area contributed by atoms with Crippen molar-refractivity contribution in [2.45, 2.75) is 70.7 Å². The van der Waals surface area contributed by atoms with Gasteiger partial charge in [0.2, 0.25) is 11.8 Å². The molecule has 2 bridgehead atoms. The van der Waals surface area contributed by atoms with Gasteiger partial charge in [0.15, 0.2) is 0 Å². The Hall–Kier alpha value is -3.75. The molecular weight excluding hydrogens is 554 g/mol. The maximum atomic E-state index is 15.0. The summed E-state index contributed by atoms with van der Waals surface area (Å²) in [4.78, 5) is 49.1. The second-order valence-corrected chi connectivity index (χ2v) is 12.5. The van der Waals surface area contributed by atoms with E-state index >= 15 is 4.79 Å². The van der Waals surface area contributed by atoms with Gasteiger partial charge >= 0.3 is 0 Å². The average molecular weight is 600 g/mol. The first kappa shape index (κ1) is 31.7. The second-order valence-electron chi connectivity index (χ2n) is 12.5. The minimum atomic E-state index is -1.19. The molecule has 0 aliphatic carbocycles. The molecule has 3 saturated heterocycles. The molecule has 44 heavy (non-hydrogen) atoms. The monoisotopic (exact) mass is 599 g/mol. The maximum absolute atomic E-state index is 15.0. The Morgan fingerprint density at radius 1 is 1.05 bits per heavy atom. The lowest BCUT2D eigenvalue weighted by Crippen LogP contribution is -2.60. The Morgan fingerprint density at radius 2 is 1.68 bits per heavy atom. The van der Waals surface area contributed by atoms with Crippen LogP contribution in [0.1, 0.15) is 44.2 Å². The summed E-state index contributed by atoms with van der Waals surface area (Å²) in [5.41, 5.74) is 2.16. The van der Waals surface area contributed by atoms with Crippen LogP contribution in [0.5, 0.6) is 0 Å². The van der Waals surface area contributed by atoms with Crippen LogP contribution in [0.25, 0.3) is 0 Å². The smallest absolute Gasteiger partial charge is 0.253 e. The molecule has 8 heteroatoms. The van der Waals surface area contributed by atoms with E-state index < -0.39 is 35.6 Å². The van der Waals surface area contributed by atoms with Crippen molar-refractivity contribution in [3.05, 3.63) is 85.0 Å². The number of amides is 3. The first-order chi connectivity index (χ1) is 21.2. The summed E-state index contributed by atoms with van der Waals surface area (Å²) >= 11 is 0. The number of hydrogen-bond acceptors (Lipinski definition) is 5. The molecule has 3 aliphatic heterocycles. The zero-order valence-corrected chi connectivity index (χ0v) is 26.3. The van der Waals surface area contributed by atoms with Crippen LogP contribution in [0.3, 0.4) is 0 Å². The Balaban J connectivity index is 1.64. The number of nitrogens with zero attached hydrogens (tertiary/aromatic N) is 3. The molecule has 3 fully saturated rings. The van der Waals surface area contributed by atoms with Gasteiger partial charge in [-0.15, -0.1) is 13.2 Å². The molecule has 1 N–H and O–H groups in total. The van der Waals surface area contributed by atoms with Gasteiger partial charge in [-0.05, 0) is 55.9 Å². The first-order valence-corrected chi connectivity index (χ1v) is 15.7. The van der Waals surface area contributed by atoms with Crippen LogP contribution < -0.4 is 9.80 Å². The van der Waals surface area contributed by atoms with E-state index in [-0.39, 0.29) is 43.3 Å². The van der Waals surface area contributed by atoms with Gasteiger partial charge in [-0.1, -0.05) is 68.8 Å². The molecule has 7 atom stereocenters. The van der Waals surface area contributed by atoms with Gasteiger partial charge in [0.25, 0.3) is 5.91 Å². The molecular formula is C36H45N3O5. The van der Waals surface area contributed by atoms with Crippen molar-refractivity contribution < 1.29 is 24.2 Å². The summed E-state index contributed by atoms with van der Waals surface area (Å²) in [7, 11) is 0.